The highest BCUT2D eigenvalue weighted by Gasteiger charge is 2.05. The van der Waals surface area contributed by atoms with Crippen LogP contribution in [0.5, 0.6) is 5.75 Å². The molecule has 0 bridgehead atoms. The van der Waals surface area contributed by atoms with Gasteiger partial charge < -0.3 is 10.1 Å². The van der Waals surface area contributed by atoms with Gasteiger partial charge in [-0.1, -0.05) is 30.3 Å². The van der Waals surface area contributed by atoms with E-state index in [9.17, 15) is 9.59 Å². The number of amides is 1. The predicted molar refractivity (Wildman–Crippen MR) is 107 cm³/mol. The second-order valence-electron chi connectivity index (χ2n) is 6.24. The molecular weight excluding hydrogens is 354 g/mol. The largest absolute Gasteiger partial charge is 0.494 e. The summed E-state index contributed by atoms with van der Waals surface area (Å²) in [6.07, 6.45) is 4.09. The lowest BCUT2D eigenvalue weighted by Crippen LogP contribution is -2.13. The molecule has 0 radical (unpaired) electrons. The third-order valence-corrected chi connectivity index (χ3v) is 4.05. The number of nitrogens with zero attached hydrogens (tertiary/aromatic N) is 2. The average Bonchev–Trinajstić information content (AvgIpc) is 2.73. The fraction of sp³-hybridized carbons (Fsp3) is 0.182. The first-order valence-corrected chi connectivity index (χ1v) is 9.03. The quantitative estimate of drug-likeness (QED) is 0.473. The number of ether oxygens (including phenoxy) is 1. The van der Waals surface area contributed by atoms with Gasteiger partial charge in [0.15, 0.2) is 11.6 Å². The molecule has 0 aliphatic heterocycles. The Morgan fingerprint density at radius 3 is 2.29 bits per heavy atom. The van der Waals surface area contributed by atoms with Crippen LogP contribution in [0.3, 0.4) is 0 Å². The van der Waals surface area contributed by atoms with Crippen molar-refractivity contribution in [1.82, 2.24) is 9.97 Å². The van der Waals surface area contributed by atoms with E-state index in [1.807, 2.05) is 30.3 Å². The zero-order chi connectivity index (χ0) is 19.8. The van der Waals surface area contributed by atoms with Crippen LogP contribution in [-0.4, -0.2) is 28.3 Å². The standard InChI is InChI=1S/C22H21N3O3/c1-16(26)17-9-11-20(12-10-17)28-13-5-8-21(27)25-19-14-23-22(24-15-19)18-6-3-2-4-7-18/h2-4,6-7,9-12,14-15H,5,8,13H2,1H3,(H,25,27). The van der Waals surface area contributed by atoms with E-state index in [-0.39, 0.29) is 11.7 Å². The van der Waals surface area contributed by atoms with E-state index in [2.05, 4.69) is 15.3 Å². The van der Waals surface area contributed by atoms with E-state index in [1.165, 1.54) is 6.92 Å². The summed E-state index contributed by atoms with van der Waals surface area (Å²) in [4.78, 5) is 31.8. The third kappa shape index (κ3) is 5.48. The van der Waals surface area contributed by atoms with Gasteiger partial charge in [-0.3, -0.25) is 9.59 Å². The molecule has 6 heteroatoms. The number of nitrogens with one attached hydrogen (secondary N) is 1. The van der Waals surface area contributed by atoms with E-state index < -0.39 is 0 Å². The van der Waals surface area contributed by atoms with Crippen LogP contribution in [0.15, 0.2) is 67.0 Å². The summed E-state index contributed by atoms with van der Waals surface area (Å²) in [5.74, 6) is 1.19. The van der Waals surface area contributed by atoms with Crippen LogP contribution in [0.1, 0.15) is 30.1 Å². The SMILES string of the molecule is CC(=O)c1ccc(OCCCC(=O)Nc2cnc(-c3ccccc3)nc2)cc1. The number of carbonyl (C=O) groups excluding carboxylic acids is 2. The molecule has 142 valence electrons. The first-order chi connectivity index (χ1) is 13.6. The van der Waals surface area contributed by atoms with Crippen LogP contribution in [-0.2, 0) is 4.79 Å². The summed E-state index contributed by atoms with van der Waals surface area (Å²) in [6.45, 7) is 1.94. The van der Waals surface area contributed by atoms with Gasteiger partial charge in [0.05, 0.1) is 24.7 Å². The summed E-state index contributed by atoms with van der Waals surface area (Å²) in [7, 11) is 0. The molecule has 0 fully saturated rings. The Morgan fingerprint density at radius 2 is 1.64 bits per heavy atom. The third-order valence-electron chi connectivity index (χ3n) is 4.05. The summed E-state index contributed by atoms with van der Waals surface area (Å²) in [5, 5.41) is 2.78. The number of benzene rings is 2. The van der Waals surface area contributed by atoms with Crippen LogP contribution in [0.4, 0.5) is 5.69 Å². The molecule has 1 aromatic heterocycles. The van der Waals surface area contributed by atoms with Gasteiger partial charge in [0.1, 0.15) is 5.75 Å². The van der Waals surface area contributed by atoms with Crippen molar-refractivity contribution < 1.29 is 14.3 Å². The van der Waals surface area contributed by atoms with Crippen LogP contribution in [0.25, 0.3) is 11.4 Å². The first kappa shape index (κ1) is 19.2. The van der Waals surface area contributed by atoms with E-state index in [4.69, 9.17) is 4.74 Å². The van der Waals surface area contributed by atoms with E-state index in [0.717, 1.165) is 5.56 Å². The van der Waals surface area contributed by atoms with Crippen molar-refractivity contribution in [3.8, 4) is 17.1 Å². The molecule has 0 saturated heterocycles. The summed E-state index contributed by atoms with van der Waals surface area (Å²) in [6, 6.07) is 16.6. The van der Waals surface area contributed by atoms with Crippen molar-refractivity contribution >= 4 is 17.4 Å². The molecule has 0 aliphatic carbocycles. The lowest BCUT2D eigenvalue weighted by Gasteiger charge is -2.08. The van der Waals surface area contributed by atoms with E-state index in [1.54, 1.807) is 36.7 Å². The van der Waals surface area contributed by atoms with Crippen LogP contribution in [0.2, 0.25) is 0 Å². The highest BCUT2D eigenvalue weighted by Crippen LogP contribution is 2.15. The van der Waals surface area contributed by atoms with Gasteiger partial charge in [0.25, 0.3) is 0 Å². The van der Waals surface area contributed by atoms with Gasteiger partial charge in [-0.05, 0) is 37.6 Å². The Morgan fingerprint density at radius 1 is 0.964 bits per heavy atom. The molecule has 28 heavy (non-hydrogen) atoms. The van der Waals surface area contributed by atoms with Gasteiger partial charge in [-0.25, -0.2) is 9.97 Å². The molecule has 2 aromatic carbocycles. The molecule has 0 aliphatic rings. The number of hydrogen-bond donors (Lipinski definition) is 1. The molecule has 0 spiro atoms. The number of ketones is 1. The molecule has 1 amide bonds. The Bertz CT molecular complexity index is 924. The Kier molecular flexibility index (Phi) is 6.46. The molecule has 1 N–H and O–H groups in total. The van der Waals surface area contributed by atoms with Crippen molar-refractivity contribution in [3.63, 3.8) is 0 Å². The maximum Gasteiger partial charge on any atom is 0.224 e. The molecule has 6 nitrogen and oxygen atoms in total. The summed E-state index contributed by atoms with van der Waals surface area (Å²) in [5.41, 5.74) is 2.13. The Hall–Kier alpha value is -3.54. The number of rotatable bonds is 8. The monoisotopic (exact) mass is 375 g/mol. The minimum atomic E-state index is -0.119. The molecule has 0 unspecified atom stereocenters. The van der Waals surface area contributed by atoms with E-state index in [0.29, 0.717) is 42.3 Å². The lowest BCUT2D eigenvalue weighted by atomic mass is 10.1. The van der Waals surface area contributed by atoms with Gasteiger partial charge in [-0.15, -0.1) is 0 Å². The number of hydrogen-bond acceptors (Lipinski definition) is 5. The average molecular weight is 375 g/mol. The number of carbonyl (C=O) groups is 2. The smallest absolute Gasteiger partial charge is 0.224 e. The fourth-order valence-corrected chi connectivity index (χ4v) is 2.56. The van der Waals surface area contributed by atoms with Crippen molar-refractivity contribution in [1.29, 1.82) is 0 Å². The first-order valence-electron chi connectivity index (χ1n) is 9.03. The van der Waals surface area contributed by atoms with Gasteiger partial charge >= 0.3 is 0 Å². The minimum Gasteiger partial charge on any atom is -0.494 e. The number of anilines is 1. The molecule has 0 saturated carbocycles. The lowest BCUT2D eigenvalue weighted by molar-refractivity contribution is -0.116. The number of Topliss-reactive ketones (excluding diaryl/α,β-unsaturated/α-hetero) is 1. The van der Waals surface area contributed by atoms with Crippen LogP contribution < -0.4 is 10.1 Å². The highest BCUT2D eigenvalue weighted by atomic mass is 16.5. The number of aromatic nitrogens is 2. The highest BCUT2D eigenvalue weighted by molar-refractivity contribution is 5.94. The summed E-state index contributed by atoms with van der Waals surface area (Å²) >= 11 is 0. The van der Waals surface area contributed by atoms with Crippen molar-refractivity contribution in [2.75, 3.05) is 11.9 Å². The minimum absolute atomic E-state index is 0.0176. The fourth-order valence-electron chi connectivity index (χ4n) is 2.56. The van der Waals surface area contributed by atoms with Crippen molar-refractivity contribution in [2.45, 2.75) is 19.8 Å². The summed E-state index contributed by atoms with van der Waals surface area (Å²) < 4.78 is 5.59. The molecule has 1 heterocycles. The molecule has 3 aromatic rings. The predicted octanol–water partition coefficient (Wildman–Crippen LogP) is 4.14. The van der Waals surface area contributed by atoms with Crippen molar-refractivity contribution in [3.05, 3.63) is 72.6 Å². The van der Waals surface area contributed by atoms with Gasteiger partial charge in [-0.2, -0.15) is 0 Å². The van der Waals surface area contributed by atoms with E-state index >= 15 is 0 Å². The zero-order valence-corrected chi connectivity index (χ0v) is 15.6. The maximum absolute atomic E-state index is 12.0. The topological polar surface area (TPSA) is 81.2 Å². The zero-order valence-electron chi connectivity index (χ0n) is 15.6. The van der Waals surface area contributed by atoms with Crippen LogP contribution >= 0.6 is 0 Å². The maximum atomic E-state index is 12.0. The second kappa shape index (κ2) is 9.41. The molecule has 0 atom stereocenters. The Labute approximate surface area is 163 Å². The molecular formula is C22H21N3O3. The van der Waals surface area contributed by atoms with Gasteiger partial charge in [0.2, 0.25) is 5.91 Å². The van der Waals surface area contributed by atoms with Crippen LogP contribution in [0, 0.1) is 0 Å². The van der Waals surface area contributed by atoms with Gasteiger partial charge in [0, 0.05) is 17.5 Å². The Balaban J connectivity index is 1.41. The molecule has 3 rings (SSSR count). The second-order valence-corrected chi connectivity index (χ2v) is 6.24. The normalized spacial score (nSPS) is 10.3. The van der Waals surface area contributed by atoms with Crippen molar-refractivity contribution in [2.24, 2.45) is 0 Å².